The zero-order valence-electron chi connectivity index (χ0n) is 17.3. The van der Waals surface area contributed by atoms with Crippen LogP contribution >= 0.6 is 0 Å². The number of aromatic hydroxyl groups is 1. The molecular weight excluding hydrogens is 388 g/mol. The van der Waals surface area contributed by atoms with Crippen molar-refractivity contribution in [3.8, 4) is 5.75 Å². The predicted octanol–water partition coefficient (Wildman–Crippen LogP) is 6.51. The van der Waals surface area contributed by atoms with Crippen LogP contribution < -0.4 is 0 Å². The Morgan fingerprint density at radius 3 is 1.59 bits per heavy atom. The van der Waals surface area contributed by atoms with Crippen LogP contribution in [0.4, 0.5) is 0 Å². The van der Waals surface area contributed by atoms with Gasteiger partial charge in [-0.3, -0.25) is 6.08 Å². The molecular formula is C27H27OTi. The van der Waals surface area contributed by atoms with Gasteiger partial charge >= 0.3 is 95.6 Å². The first-order chi connectivity index (χ1) is 14.0. The summed E-state index contributed by atoms with van der Waals surface area (Å²) in [6.07, 6.45) is 8.33. The molecule has 1 N–H and O–H groups in total. The van der Waals surface area contributed by atoms with Gasteiger partial charge in [0.2, 0.25) is 0 Å². The van der Waals surface area contributed by atoms with Gasteiger partial charge in [0.1, 0.15) is 5.75 Å². The minimum absolute atomic E-state index is 0.354. The summed E-state index contributed by atoms with van der Waals surface area (Å²) < 4.78 is 1.33. The molecule has 0 unspecified atom stereocenters. The molecule has 145 valence electrons. The zero-order chi connectivity index (χ0) is 21.1. The van der Waals surface area contributed by atoms with E-state index in [9.17, 15) is 0 Å². The van der Waals surface area contributed by atoms with Crippen LogP contribution in [-0.4, -0.2) is 8.92 Å². The summed E-state index contributed by atoms with van der Waals surface area (Å²) in [6, 6.07) is 26.5. The van der Waals surface area contributed by atoms with Crippen LogP contribution in [0.25, 0.3) is 0 Å². The van der Waals surface area contributed by atoms with Crippen molar-refractivity contribution in [1.82, 2.24) is 0 Å². The fourth-order valence-electron chi connectivity index (χ4n) is 2.84. The van der Waals surface area contributed by atoms with E-state index in [-0.39, 0.29) is 0 Å². The van der Waals surface area contributed by atoms with Crippen LogP contribution in [0, 0.1) is 19.9 Å². The molecule has 2 heteroatoms. The van der Waals surface area contributed by atoms with Crippen molar-refractivity contribution in [2.45, 2.75) is 27.2 Å². The molecule has 29 heavy (non-hydrogen) atoms. The van der Waals surface area contributed by atoms with E-state index in [0.717, 1.165) is 17.5 Å². The van der Waals surface area contributed by atoms with Crippen molar-refractivity contribution in [2.24, 2.45) is 0 Å². The van der Waals surface area contributed by atoms with Gasteiger partial charge in [0.05, 0.1) is 0 Å². The van der Waals surface area contributed by atoms with E-state index >= 15 is 0 Å². The van der Waals surface area contributed by atoms with Crippen LogP contribution in [0.3, 0.4) is 0 Å². The molecule has 3 aromatic rings. The molecule has 0 radical (unpaired) electrons. The molecule has 3 aromatic carbocycles. The number of phenolic OH excluding ortho intramolecular Hbond substituents is 1. The van der Waals surface area contributed by atoms with E-state index in [4.69, 9.17) is 5.11 Å². The van der Waals surface area contributed by atoms with E-state index in [1.165, 1.54) is 20.5 Å². The van der Waals surface area contributed by atoms with Gasteiger partial charge in [-0.05, 0) is 37.1 Å². The maximum atomic E-state index is 8.99. The van der Waals surface area contributed by atoms with Crippen molar-refractivity contribution in [2.75, 3.05) is 0 Å². The Hall–Kier alpha value is -2.48. The molecule has 0 fully saturated rings. The van der Waals surface area contributed by atoms with Crippen molar-refractivity contribution >= 4 is 3.81 Å². The SMILES string of the molecule is CC1=[C-]CC=C1.Cc1cc(C)cc(O)c1.[Ti+]=[C](c1ccccc1)c1ccccc1. The molecule has 0 heterocycles. The molecule has 0 aromatic heterocycles. The molecule has 1 aliphatic carbocycles. The number of hydrogen-bond donors (Lipinski definition) is 1. The first-order valence-corrected chi connectivity index (χ1v) is 10.4. The molecule has 0 aliphatic heterocycles. The average molecular weight is 415 g/mol. The van der Waals surface area contributed by atoms with E-state index in [1.807, 2.05) is 32.0 Å². The third kappa shape index (κ3) is 8.60. The third-order valence-corrected chi connectivity index (χ3v) is 5.10. The Morgan fingerprint density at radius 1 is 0.793 bits per heavy atom. The number of aryl methyl sites for hydroxylation is 2. The molecule has 1 nitrogen and oxygen atoms in total. The monoisotopic (exact) mass is 415 g/mol. The van der Waals surface area contributed by atoms with Crippen LogP contribution in [0.2, 0.25) is 0 Å². The zero-order valence-corrected chi connectivity index (χ0v) is 18.9. The van der Waals surface area contributed by atoms with Gasteiger partial charge < -0.3 is 5.11 Å². The molecule has 0 bridgehead atoms. The van der Waals surface area contributed by atoms with Gasteiger partial charge in [0, 0.05) is 0 Å². The summed E-state index contributed by atoms with van der Waals surface area (Å²) in [4.78, 5) is 0. The molecule has 0 saturated carbocycles. The van der Waals surface area contributed by atoms with Crippen LogP contribution in [0.1, 0.15) is 35.6 Å². The van der Waals surface area contributed by atoms with Crippen LogP contribution in [0.5, 0.6) is 5.75 Å². The van der Waals surface area contributed by atoms with Crippen LogP contribution in [0.15, 0.2) is 96.6 Å². The fraction of sp³-hybridized carbons (Fsp3) is 0.148. The Labute approximate surface area is 186 Å². The second kappa shape index (κ2) is 12.2. The second-order valence-electron chi connectivity index (χ2n) is 6.92. The van der Waals surface area contributed by atoms with Gasteiger partial charge in [0.15, 0.2) is 0 Å². The summed E-state index contributed by atoms with van der Waals surface area (Å²) in [5.74, 6) is 0.354. The van der Waals surface area contributed by atoms with E-state index in [2.05, 4.69) is 93.7 Å². The van der Waals surface area contributed by atoms with E-state index in [0.29, 0.717) is 5.75 Å². The minimum atomic E-state index is 0.354. The molecule has 0 atom stereocenters. The van der Waals surface area contributed by atoms with Crippen molar-refractivity contribution < 1.29 is 25.1 Å². The van der Waals surface area contributed by atoms with Gasteiger partial charge in [-0.2, -0.15) is 6.08 Å². The summed E-state index contributed by atoms with van der Waals surface area (Å²) >= 11 is 2.16. The second-order valence-corrected chi connectivity index (χ2v) is 7.70. The predicted molar refractivity (Wildman–Crippen MR) is 120 cm³/mol. The molecule has 0 amide bonds. The van der Waals surface area contributed by atoms with Gasteiger partial charge in [0.25, 0.3) is 0 Å². The summed E-state index contributed by atoms with van der Waals surface area (Å²) in [5.41, 5.74) is 6.06. The Morgan fingerprint density at radius 2 is 1.28 bits per heavy atom. The Kier molecular flexibility index (Phi) is 9.57. The maximum absolute atomic E-state index is 8.99. The number of rotatable bonds is 2. The Balaban J connectivity index is 0.000000171. The summed E-state index contributed by atoms with van der Waals surface area (Å²) in [5, 5.41) is 8.99. The third-order valence-electron chi connectivity index (χ3n) is 4.20. The molecule has 1 aliphatic rings. The standard InChI is InChI=1S/C13H10.C8H10O.C6H7.Ti/c1-3-7-12(8-4-1)11-13-9-5-2-6-10-13;1-6-3-7(2)5-8(9)4-6;1-6-4-2-3-5-6;/h1-10H;3-5,9H,1-2H3;2,4H,3H2,1H3;/q;;-1;+1. The topological polar surface area (TPSA) is 20.2 Å². The van der Waals surface area contributed by atoms with Gasteiger partial charge in [-0.25, -0.2) is 11.6 Å². The van der Waals surface area contributed by atoms with Gasteiger partial charge in [-0.1, -0.05) is 13.0 Å². The molecule has 0 saturated heterocycles. The average Bonchev–Trinajstić information content (AvgIpc) is 3.20. The summed E-state index contributed by atoms with van der Waals surface area (Å²) in [6.45, 7) is 5.99. The van der Waals surface area contributed by atoms with Crippen molar-refractivity contribution in [1.29, 1.82) is 0 Å². The van der Waals surface area contributed by atoms with Crippen LogP contribution in [-0.2, 0) is 20.0 Å². The number of allylic oxidation sites excluding steroid dienone is 4. The first kappa shape index (κ1) is 22.8. The van der Waals surface area contributed by atoms with Crippen molar-refractivity contribution in [3.63, 3.8) is 0 Å². The number of hydrogen-bond acceptors (Lipinski definition) is 1. The Bertz CT molecular complexity index is 875. The number of phenols is 1. The fourth-order valence-corrected chi connectivity index (χ4v) is 3.36. The summed E-state index contributed by atoms with van der Waals surface area (Å²) in [7, 11) is 0. The molecule has 4 rings (SSSR count). The number of benzene rings is 3. The van der Waals surface area contributed by atoms with Crippen molar-refractivity contribution in [3.05, 3.63) is 125 Å². The van der Waals surface area contributed by atoms with E-state index < -0.39 is 0 Å². The van der Waals surface area contributed by atoms with Gasteiger partial charge in [-0.15, -0.1) is 6.42 Å². The first-order valence-electron chi connectivity index (χ1n) is 9.66. The normalized spacial score (nSPS) is 11.6. The molecule has 0 spiro atoms. The quantitative estimate of drug-likeness (QED) is 0.374. The van der Waals surface area contributed by atoms with E-state index in [1.54, 1.807) is 12.1 Å².